The lowest BCUT2D eigenvalue weighted by molar-refractivity contribution is 0.214. The van der Waals surface area contributed by atoms with Gasteiger partial charge < -0.3 is 10.2 Å². The molecule has 1 unspecified atom stereocenters. The summed E-state index contributed by atoms with van der Waals surface area (Å²) in [6, 6.07) is -0.00435. The predicted octanol–water partition coefficient (Wildman–Crippen LogP) is 3.41. The molecule has 1 aromatic rings. The van der Waals surface area contributed by atoms with Crippen LogP contribution in [0.15, 0.2) is 6.20 Å². The lowest BCUT2D eigenvalue weighted by atomic mass is 10.2. The largest absolute Gasteiger partial charge is 0.323 e. The second-order valence-electron chi connectivity index (χ2n) is 6.22. The molecular weight excluding hydrogens is 296 g/mol. The zero-order valence-electron chi connectivity index (χ0n) is 13.3. The molecule has 1 N–H and O–H groups in total. The summed E-state index contributed by atoms with van der Waals surface area (Å²) in [7, 11) is 0. The number of rotatable bonds is 3. The Labute approximate surface area is 136 Å². The van der Waals surface area contributed by atoms with Crippen molar-refractivity contribution in [3.05, 3.63) is 17.7 Å². The van der Waals surface area contributed by atoms with Gasteiger partial charge in [0.2, 0.25) is 0 Å². The summed E-state index contributed by atoms with van der Waals surface area (Å²) in [5.41, 5.74) is 1.81. The first kappa shape index (κ1) is 15.6. The van der Waals surface area contributed by atoms with Gasteiger partial charge in [-0.2, -0.15) is 11.8 Å². The number of carbonyl (C=O) groups is 1. The molecule has 1 aromatic heterocycles. The number of hydrogen-bond acceptors (Lipinski definition) is 4. The molecule has 0 radical (unpaired) electrons. The van der Waals surface area contributed by atoms with E-state index >= 15 is 0 Å². The average molecular weight is 320 g/mol. The van der Waals surface area contributed by atoms with Crippen LogP contribution in [0.1, 0.15) is 49.5 Å². The number of urea groups is 1. The van der Waals surface area contributed by atoms with Crippen molar-refractivity contribution in [3.63, 3.8) is 0 Å². The maximum Gasteiger partial charge on any atom is 0.321 e. The fourth-order valence-electron chi connectivity index (χ4n) is 2.93. The highest BCUT2D eigenvalue weighted by atomic mass is 32.2. The number of hydrogen-bond donors (Lipinski definition) is 1. The normalized spacial score (nSPS) is 22.3. The molecule has 2 amide bonds. The van der Waals surface area contributed by atoms with Gasteiger partial charge in [-0.3, -0.25) is 0 Å². The zero-order chi connectivity index (χ0) is 15.5. The monoisotopic (exact) mass is 320 g/mol. The van der Waals surface area contributed by atoms with Crippen molar-refractivity contribution in [1.82, 2.24) is 14.9 Å². The average Bonchev–Trinajstić information content (AvgIpc) is 3.35. The molecule has 2 fully saturated rings. The Morgan fingerprint density at radius 3 is 2.91 bits per heavy atom. The summed E-state index contributed by atoms with van der Waals surface area (Å²) in [4.78, 5) is 23.3. The van der Waals surface area contributed by atoms with Crippen LogP contribution in [-0.4, -0.2) is 45.5 Å². The molecule has 2 heterocycles. The van der Waals surface area contributed by atoms with E-state index in [1.165, 1.54) is 12.8 Å². The Balaban J connectivity index is 1.71. The van der Waals surface area contributed by atoms with Crippen LogP contribution in [0.25, 0.3) is 0 Å². The lowest BCUT2D eigenvalue weighted by Gasteiger charge is -2.24. The Bertz CT molecular complexity index is 547. The highest BCUT2D eigenvalue weighted by molar-refractivity contribution is 7.99. The number of carbonyl (C=O) groups excluding carboxylic acids is 1. The van der Waals surface area contributed by atoms with Crippen molar-refractivity contribution >= 4 is 23.5 Å². The summed E-state index contributed by atoms with van der Waals surface area (Å²) < 4.78 is 0. The van der Waals surface area contributed by atoms with Gasteiger partial charge in [-0.1, -0.05) is 6.42 Å². The van der Waals surface area contributed by atoms with Gasteiger partial charge in [0.25, 0.3) is 0 Å². The number of anilines is 1. The highest BCUT2D eigenvalue weighted by Crippen LogP contribution is 2.42. The molecule has 6 heteroatoms. The van der Waals surface area contributed by atoms with Crippen LogP contribution in [0.4, 0.5) is 10.5 Å². The summed E-state index contributed by atoms with van der Waals surface area (Å²) in [5, 5.41) is 3.60. The maximum atomic E-state index is 12.6. The Morgan fingerprint density at radius 1 is 1.36 bits per heavy atom. The Hall–Kier alpha value is -1.30. The van der Waals surface area contributed by atoms with E-state index in [9.17, 15) is 4.79 Å². The van der Waals surface area contributed by atoms with Crippen molar-refractivity contribution in [1.29, 1.82) is 0 Å². The lowest BCUT2D eigenvalue weighted by Crippen LogP contribution is -2.38. The standard InChI is InChI=1S/C16H24N4OS/c1-11-17-9-14(15(18-11)12-6-7-12)19-16(21)20-8-4-3-5-13(10-20)22-2/h9,12-13H,3-8,10H2,1-2H3,(H,19,21). The summed E-state index contributed by atoms with van der Waals surface area (Å²) >= 11 is 1.86. The van der Waals surface area contributed by atoms with E-state index in [-0.39, 0.29) is 6.03 Å². The highest BCUT2D eigenvalue weighted by Gasteiger charge is 2.29. The molecular formula is C16H24N4OS. The minimum absolute atomic E-state index is 0.00435. The molecule has 1 aliphatic carbocycles. The third-order valence-corrected chi connectivity index (χ3v) is 5.44. The summed E-state index contributed by atoms with van der Waals surface area (Å²) in [6.07, 6.45) is 9.71. The van der Waals surface area contributed by atoms with Crippen LogP contribution in [0, 0.1) is 6.92 Å². The Morgan fingerprint density at radius 2 is 2.18 bits per heavy atom. The van der Waals surface area contributed by atoms with Gasteiger partial charge in [-0.05, 0) is 38.9 Å². The smallest absolute Gasteiger partial charge is 0.321 e. The third-order valence-electron chi connectivity index (χ3n) is 4.39. The van der Waals surface area contributed by atoms with E-state index in [4.69, 9.17) is 0 Å². The number of nitrogens with one attached hydrogen (secondary N) is 1. The summed E-state index contributed by atoms with van der Waals surface area (Å²) in [5.74, 6) is 1.28. The topological polar surface area (TPSA) is 58.1 Å². The molecule has 5 nitrogen and oxygen atoms in total. The van der Waals surface area contributed by atoms with Crippen LogP contribution in [0.3, 0.4) is 0 Å². The molecule has 0 bridgehead atoms. The van der Waals surface area contributed by atoms with Gasteiger partial charge in [0.05, 0.1) is 17.6 Å². The number of amides is 2. The van der Waals surface area contributed by atoms with Gasteiger partial charge in [-0.15, -0.1) is 0 Å². The quantitative estimate of drug-likeness (QED) is 0.927. The van der Waals surface area contributed by atoms with Crippen LogP contribution in [-0.2, 0) is 0 Å². The van der Waals surface area contributed by atoms with Crippen molar-refractivity contribution < 1.29 is 4.79 Å². The first-order valence-corrected chi connectivity index (χ1v) is 9.38. The predicted molar refractivity (Wildman–Crippen MR) is 90.5 cm³/mol. The molecule has 1 saturated heterocycles. The van der Waals surface area contributed by atoms with Crippen LogP contribution < -0.4 is 5.32 Å². The molecule has 0 spiro atoms. The molecule has 1 aliphatic heterocycles. The fraction of sp³-hybridized carbons (Fsp3) is 0.688. The fourth-order valence-corrected chi connectivity index (χ4v) is 3.66. The van der Waals surface area contributed by atoms with E-state index in [1.807, 2.05) is 23.6 Å². The van der Waals surface area contributed by atoms with Crippen LogP contribution >= 0.6 is 11.8 Å². The Kier molecular flexibility index (Phi) is 4.86. The third kappa shape index (κ3) is 3.72. The molecule has 0 aromatic carbocycles. The van der Waals surface area contributed by atoms with Crippen molar-refractivity contribution in [2.24, 2.45) is 0 Å². The first-order chi connectivity index (χ1) is 10.7. The molecule has 3 rings (SSSR count). The second kappa shape index (κ2) is 6.86. The van der Waals surface area contributed by atoms with Crippen LogP contribution in [0.2, 0.25) is 0 Å². The van der Waals surface area contributed by atoms with Crippen molar-refractivity contribution in [3.8, 4) is 0 Å². The van der Waals surface area contributed by atoms with Gasteiger partial charge in [0.1, 0.15) is 5.82 Å². The van der Waals surface area contributed by atoms with E-state index in [2.05, 4.69) is 21.5 Å². The SMILES string of the molecule is CSC1CCCCN(C(=O)Nc2cnc(C)nc2C2CC2)C1. The minimum atomic E-state index is -0.00435. The minimum Gasteiger partial charge on any atom is -0.323 e. The molecule has 1 atom stereocenters. The van der Waals surface area contributed by atoms with Gasteiger partial charge in [0.15, 0.2) is 0 Å². The molecule has 2 aliphatic rings. The van der Waals surface area contributed by atoms with Gasteiger partial charge in [-0.25, -0.2) is 14.8 Å². The van der Waals surface area contributed by atoms with Crippen molar-refractivity contribution in [2.45, 2.75) is 50.2 Å². The molecule has 22 heavy (non-hydrogen) atoms. The van der Waals surface area contributed by atoms with Crippen molar-refractivity contribution in [2.75, 3.05) is 24.7 Å². The van der Waals surface area contributed by atoms with Gasteiger partial charge in [0, 0.05) is 24.3 Å². The van der Waals surface area contributed by atoms with Gasteiger partial charge >= 0.3 is 6.03 Å². The maximum absolute atomic E-state index is 12.6. The van der Waals surface area contributed by atoms with E-state index < -0.39 is 0 Å². The number of aromatic nitrogens is 2. The number of likely N-dealkylation sites (tertiary alicyclic amines) is 1. The van der Waals surface area contributed by atoms with E-state index in [0.29, 0.717) is 11.2 Å². The summed E-state index contributed by atoms with van der Waals surface area (Å²) in [6.45, 7) is 3.57. The molecule has 1 saturated carbocycles. The van der Waals surface area contributed by atoms with E-state index in [1.54, 1.807) is 6.20 Å². The number of thioether (sulfide) groups is 1. The zero-order valence-corrected chi connectivity index (χ0v) is 14.2. The van der Waals surface area contributed by atoms with E-state index in [0.717, 1.165) is 49.6 Å². The number of nitrogens with zero attached hydrogens (tertiary/aromatic N) is 3. The van der Waals surface area contributed by atoms with Crippen LogP contribution in [0.5, 0.6) is 0 Å². The molecule has 120 valence electrons. The second-order valence-corrected chi connectivity index (χ2v) is 7.36. The first-order valence-electron chi connectivity index (χ1n) is 8.09. The number of aryl methyl sites for hydroxylation is 1.